The van der Waals surface area contributed by atoms with Crippen molar-refractivity contribution in [2.75, 3.05) is 13.1 Å². The molecule has 1 fully saturated rings. The molecule has 0 bridgehead atoms. The van der Waals surface area contributed by atoms with Gasteiger partial charge in [-0.15, -0.1) is 0 Å². The van der Waals surface area contributed by atoms with E-state index in [4.69, 9.17) is 5.73 Å². The summed E-state index contributed by atoms with van der Waals surface area (Å²) < 4.78 is 13.2. The number of fused-ring (bicyclic) bond motifs is 1. The first-order valence-electron chi connectivity index (χ1n) is 10.4. The summed E-state index contributed by atoms with van der Waals surface area (Å²) in [5.74, 6) is -0.637. The number of amides is 2. The highest BCUT2D eigenvalue weighted by atomic mass is 19.1. The number of hydrogen-bond donors (Lipinski definition) is 5. The fraction of sp³-hybridized carbons (Fsp3) is 0.304. The third kappa shape index (κ3) is 4.92. The van der Waals surface area contributed by atoms with E-state index >= 15 is 0 Å². The van der Waals surface area contributed by atoms with Crippen molar-refractivity contribution in [1.82, 2.24) is 20.9 Å². The maximum Gasteiger partial charge on any atom is 0.267 e. The lowest BCUT2D eigenvalue weighted by molar-refractivity contribution is -0.122. The van der Waals surface area contributed by atoms with Crippen LogP contribution in [0.5, 0.6) is 0 Å². The van der Waals surface area contributed by atoms with Gasteiger partial charge in [0, 0.05) is 36.1 Å². The molecule has 31 heavy (non-hydrogen) atoms. The van der Waals surface area contributed by atoms with Crippen molar-refractivity contribution in [3.63, 3.8) is 0 Å². The van der Waals surface area contributed by atoms with Gasteiger partial charge in [-0.25, -0.2) is 4.39 Å². The fourth-order valence-corrected chi connectivity index (χ4v) is 3.80. The van der Waals surface area contributed by atoms with E-state index in [9.17, 15) is 14.0 Å². The summed E-state index contributed by atoms with van der Waals surface area (Å²) in [5.41, 5.74) is 8.74. The van der Waals surface area contributed by atoms with Gasteiger partial charge in [-0.2, -0.15) is 0 Å². The van der Waals surface area contributed by atoms with Crippen LogP contribution in [0.25, 0.3) is 22.0 Å². The van der Waals surface area contributed by atoms with Crippen LogP contribution in [0.2, 0.25) is 0 Å². The Bertz CT molecular complexity index is 1090. The maximum absolute atomic E-state index is 13.2. The minimum atomic E-state index is -0.538. The standard InChI is InChI=1S/C23H26FN5O2/c1-13(25)22(30)28-19-10-18(26-12-19)11-27-23(31)21-9-16-3-2-15(8-20(16)29-21)14-4-6-17(24)7-5-14/h2-9,13,18-19,26,29H,10-12,25H2,1H3,(H,27,31)(H,28,30)/t13-,18+,19?/m1/s1. The number of aromatic nitrogens is 1. The number of nitrogens with two attached hydrogens (primary N) is 1. The lowest BCUT2D eigenvalue weighted by Gasteiger charge is -2.14. The maximum atomic E-state index is 13.2. The molecule has 0 aliphatic carbocycles. The van der Waals surface area contributed by atoms with Gasteiger partial charge in [0.05, 0.1) is 6.04 Å². The summed E-state index contributed by atoms with van der Waals surface area (Å²) in [6, 6.07) is 13.5. The monoisotopic (exact) mass is 423 g/mol. The van der Waals surface area contributed by atoms with Crippen LogP contribution in [0.4, 0.5) is 4.39 Å². The van der Waals surface area contributed by atoms with E-state index < -0.39 is 6.04 Å². The average molecular weight is 423 g/mol. The Morgan fingerprint density at radius 3 is 2.65 bits per heavy atom. The van der Waals surface area contributed by atoms with E-state index in [1.165, 1.54) is 12.1 Å². The Kier molecular flexibility index (Phi) is 6.01. The second-order valence-electron chi connectivity index (χ2n) is 8.04. The summed E-state index contributed by atoms with van der Waals surface area (Å²) in [4.78, 5) is 27.5. The first kappa shape index (κ1) is 21.0. The number of hydrogen-bond acceptors (Lipinski definition) is 4. The molecule has 1 saturated heterocycles. The summed E-state index contributed by atoms with van der Waals surface area (Å²) >= 11 is 0. The van der Waals surface area contributed by atoms with E-state index in [0.29, 0.717) is 18.8 Å². The van der Waals surface area contributed by atoms with E-state index in [2.05, 4.69) is 20.9 Å². The summed E-state index contributed by atoms with van der Waals surface area (Å²) in [6.07, 6.45) is 0.729. The first-order chi connectivity index (χ1) is 14.9. The number of carbonyl (C=O) groups excluding carboxylic acids is 2. The van der Waals surface area contributed by atoms with Gasteiger partial charge in [0.2, 0.25) is 5.91 Å². The second-order valence-corrected chi connectivity index (χ2v) is 8.04. The molecule has 2 amide bonds. The van der Waals surface area contributed by atoms with Crippen molar-refractivity contribution in [3.8, 4) is 11.1 Å². The molecule has 1 unspecified atom stereocenters. The molecule has 162 valence electrons. The average Bonchev–Trinajstić information content (AvgIpc) is 3.38. The summed E-state index contributed by atoms with van der Waals surface area (Å²) in [5, 5.41) is 10.1. The smallest absolute Gasteiger partial charge is 0.267 e. The Labute approximate surface area is 179 Å². The molecule has 6 N–H and O–H groups in total. The predicted octanol–water partition coefficient (Wildman–Crippen LogP) is 1.90. The SMILES string of the molecule is C[C@@H](N)C(=O)NC1CN[C@H](CNC(=O)c2cc3ccc(-c4ccc(F)cc4)cc3[nH]2)C1. The van der Waals surface area contributed by atoms with Crippen molar-refractivity contribution in [2.24, 2.45) is 5.73 Å². The van der Waals surface area contributed by atoms with Crippen LogP contribution in [0.15, 0.2) is 48.5 Å². The van der Waals surface area contributed by atoms with Gasteiger partial charge in [-0.1, -0.05) is 24.3 Å². The highest BCUT2D eigenvalue weighted by Gasteiger charge is 2.26. The van der Waals surface area contributed by atoms with Crippen LogP contribution >= 0.6 is 0 Å². The van der Waals surface area contributed by atoms with Gasteiger partial charge >= 0.3 is 0 Å². The molecule has 3 aromatic rings. The molecule has 2 heterocycles. The topological polar surface area (TPSA) is 112 Å². The van der Waals surface area contributed by atoms with Crippen LogP contribution in [0.3, 0.4) is 0 Å². The molecule has 1 aliphatic rings. The molecule has 8 heteroatoms. The van der Waals surface area contributed by atoms with Crippen molar-refractivity contribution < 1.29 is 14.0 Å². The quantitative estimate of drug-likeness (QED) is 0.417. The van der Waals surface area contributed by atoms with Gasteiger partial charge in [-0.3, -0.25) is 9.59 Å². The van der Waals surface area contributed by atoms with Gasteiger partial charge in [0.1, 0.15) is 11.5 Å². The largest absolute Gasteiger partial charge is 0.351 e. The van der Waals surface area contributed by atoms with Crippen molar-refractivity contribution >= 4 is 22.7 Å². The molecule has 0 spiro atoms. The van der Waals surface area contributed by atoms with E-state index in [1.54, 1.807) is 19.1 Å². The minimum absolute atomic E-state index is 0.0124. The Morgan fingerprint density at radius 2 is 1.90 bits per heavy atom. The number of aromatic amines is 1. The zero-order chi connectivity index (χ0) is 22.0. The first-order valence-corrected chi connectivity index (χ1v) is 10.4. The Balaban J connectivity index is 1.36. The zero-order valence-electron chi connectivity index (χ0n) is 17.2. The third-order valence-corrected chi connectivity index (χ3v) is 5.54. The number of nitrogens with one attached hydrogen (secondary N) is 4. The highest BCUT2D eigenvalue weighted by molar-refractivity contribution is 5.98. The number of carbonyl (C=O) groups is 2. The fourth-order valence-electron chi connectivity index (χ4n) is 3.80. The van der Waals surface area contributed by atoms with Gasteiger partial charge < -0.3 is 26.7 Å². The molecule has 3 atom stereocenters. The van der Waals surface area contributed by atoms with Gasteiger partial charge in [-0.05, 0) is 48.7 Å². The Hall–Kier alpha value is -3.23. The normalized spacial score (nSPS) is 19.3. The summed E-state index contributed by atoms with van der Waals surface area (Å²) in [7, 11) is 0. The van der Waals surface area contributed by atoms with Crippen LogP contribution < -0.4 is 21.7 Å². The zero-order valence-corrected chi connectivity index (χ0v) is 17.2. The van der Waals surface area contributed by atoms with Crippen LogP contribution in [-0.2, 0) is 4.79 Å². The van der Waals surface area contributed by atoms with Crippen LogP contribution in [0, 0.1) is 5.82 Å². The van der Waals surface area contributed by atoms with Crippen LogP contribution in [-0.4, -0.2) is 48.0 Å². The predicted molar refractivity (Wildman–Crippen MR) is 118 cm³/mol. The minimum Gasteiger partial charge on any atom is -0.351 e. The van der Waals surface area contributed by atoms with Crippen molar-refractivity contribution in [2.45, 2.75) is 31.5 Å². The Morgan fingerprint density at radius 1 is 1.16 bits per heavy atom. The third-order valence-electron chi connectivity index (χ3n) is 5.54. The van der Waals surface area contributed by atoms with E-state index in [-0.39, 0.29) is 29.7 Å². The molecule has 0 saturated carbocycles. The van der Waals surface area contributed by atoms with E-state index in [0.717, 1.165) is 28.5 Å². The second kappa shape index (κ2) is 8.87. The van der Waals surface area contributed by atoms with Crippen molar-refractivity contribution in [1.29, 1.82) is 0 Å². The molecular weight excluding hydrogens is 397 g/mol. The van der Waals surface area contributed by atoms with E-state index in [1.807, 2.05) is 24.3 Å². The number of H-pyrrole nitrogens is 1. The summed E-state index contributed by atoms with van der Waals surface area (Å²) in [6.45, 7) is 2.76. The molecule has 2 aromatic carbocycles. The molecule has 1 aliphatic heterocycles. The molecule has 4 rings (SSSR count). The molecule has 0 radical (unpaired) electrons. The molecule has 1 aromatic heterocycles. The van der Waals surface area contributed by atoms with Crippen molar-refractivity contribution in [3.05, 3.63) is 60.0 Å². The molecule has 7 nitrogen and oxygen atoms in total. The van der Waals surface area contributed by atoms with Gasteiger partial charge in [0.15, 0.2) is 0 Å². The van der Waals surface area contributed by atoms with Gasteiger partial charge in [0.25, 0.3) is 5.91 Å². The number of rotatable bonds is 6. The molecular formula is C23H26FN5O2. The lowest BCUT2D eigenvalue weighted by Crippen LogP contribution is -2.44. The highest BCUT2D eigenvalue weighted by Crippen LogP contribution is 2.25. The van der Waals surface area contributed by atoms with Crippen LogP contribution in [0.1, 0.15) is 23.8 Å². The lowest BCUT2D eigenvalue weighted by atomic mass is 10.0. The number of benzene rings is 2. The number of halogens is 1.